The van der Waals surface area contributed by atoms with Crippen molar-refractivity contribution in [3.8, 4) is 0 Å². The highest BCUT2D eigenvalue weighted by Gasteiger charge is 2.19. The fraction of sp³-hybridized carbons (Fsp3) is 0.694. The minimum Gasteiger partial charge on any atom is -0.462 e. The van der Waals surface area contributed by atoms with Crippen LogP contribution in [0.25, 0.3) is 0 Å². The number of hydrogen-bond donors (Lipinski definition) is 0. The molecule has 1 unspecified atom stereocenters. The number of ether oxygens (including phenoxy) is 3. The number of hydrogen-bond acceptors (Lipinski definition) is 6. The van der Waals surface area contributed by atoms with E-state index in [0.29, 0.717) is 19.3 Å². The maximum absolute atomic E-state index is 12.8. The fourth-order valence-corrected chi connectivity index (χ4v) is 7.59. The molecule has 68 heavy (non-hydrogen) atoms. The molecule has 0 saturated carbocycles. The molecule has 0 aromatic rings. The van der Waals surface area contributed by atoms with Crippen LogP contribution in [0.2, 0.25) is 0 Å². The van der Waals surface area contributed by atoms with Gasteiger partial charge in [-0.1, -0.05) is 246 Å². The molecule has 0 aromatic heterocycles. The maximum Gasteiger partial charge on any atom is 0.306 e. The van der Waals surface area contributed by atoms with Crippen LogP contribution >= 0.6 is 0 Å². The van der Waals surface area contributed by atoms with Crippen molar-refractivity contribution in [2.75, 3.05) is 13.2 Å². The first-order chi connectivity index (χ1) is 33.5. The molecule has 0 aliphatic carbocycles. The third-order valence-electron chi connectivity index (χ3n) is 11.8. The maximum atomic E-state index is 12.8. The van der Waals surface area contributed by atoms with Gasteiger partial charge in [-0.25, -0.2) is 0 Å². The highest BCUT2D eigenvalue weighted by atomic mass is 16.6. The first-order valence-electron chi connectivity index (χ1n) is 28.2. The third kappa shape index (κ3) is 53.3. The zero-order chi connectivity index (χ0) is 49.3. The van der Waals surface area contributed by atoms with Gasteiger partial charge in [0, 0.05) is 19.3 Å². The van der Waals surface area contributed by atoms with Crippen molar-refractivity contribution < 1.29 is 28.6 Å². The first kappa shape index (κ1) is 64.3. The standard InChI is InChI=1S/C62H104O6/c1-4-7-10-13-16-19-22-24-26-28-29-30-31-32-33-34-36-37-40-43-46-49-52-55-61(64)67-58-59(57-66-60(63)54-51-48-45-42-39-21-18-15-12-9-6-3)68-62(65)56-53-50-47-44-41-38-35-27-25-23-20-17-14-11-8-5-2/h7,10,15-16,18-19,24,26,29-30,32-33,36-37,43,46,59H,4-6,8-9,11-14,17,20-23,25,27-28,31,34-35,38-42,44-45,47-58H2,1-3H3/b10-7-,18-15-,19-16-,26-24-,30-29-,33-32-,37-36-,46-43-. The molecule has 0 aliphatic heterocycles. The summed E-state index contributed by atoms with van der Waals surface area (Å²) in [5, 5.41) is 0. The van der Waals surface area contributed by atoms with E-state index in [-0.39, 0.29) is 37.5 Å². The molecule has 0 bridgehead atoms. The van der Waals surface area contributed by atoms with Gasteiger partial charge in [-0.2, -0.15) is 0 Å². The van der Waals surface area contributed by atoms with E-state index in [9.17, 15) is 14.4 Å². The van der Waals surface area contributed by atoms with Gasteiger partial charge >= 0.3 is 17.9 Å². The van der Waals surface area contributed by atoms with Gasteiger partial charge in [-0.3, -0.25) is 14.4 Å². The van der Waals surface area contributed by atoms with Crippen molar-refractivity contribution >= 4 is 17.9 Å². The number of esters is 3. The lowest BCUT2D eigenvalue weighted by molar-refractivity contribution is -0.167. The average molecular weight is 946 g/mol. The van der Waals surface area contributed by atoms with Gasteiger partial charge in [0.1, 0.15) is 13.2 Å². The predicted molar refractivity (Wildman–Crippen MR) is 293 cm³/mol. The number of carbonyl (C=O) groups excluding carboxylic acids is 3. The lowest BCUT2D eigenvalue weighted by Gasteiger charge is -2.18. The van der Waals surface area contributed by atoms with Gasteiger partial charge in [0.05, 0.1) is 0 Å². The number of rotatable bonds is 50. The number of carbonyl (C=O) groups is 3. The first-order valence-corrected chi connectivity index (χ1v) is 28.2. The Kier molecular flexibility index (Phi) is 52.9. The Hall–Kier alpha value is -3.67. The molecule has 0 radical (unpaired) electrons. The van der Waals surface area contributed by atoms with Crippen LogP contribution in [0.15, 0.2) is 97.2 Å². The molecule has 1 atom stereocenters. The van der Waals surface area contributed by atoms with Crippen molar-refractivity contribution in [3.63, 3.8) is 0 Å². The summed E-state index contributed by atoms with van der Waals surface area (Å²) in [5.74, 6) is -0.966. The third-order valence-corrected chi connectivity index (χ3v) is 11.8. The second-order valence-corrected chi connectivity index (χ2v) is 18.5. The van der Waals surface area contributed by atoms with Crippen LogP contribution in [-0.4, -0.2) is 37.2 Å². The highest BCUT2D eigenvalue weighted by molar-refractivity contribution is 5.71. The van der Waals surface area contributed by atoms with Crippen molar-refractivity contribution in [2.24, 2.45) is 0 Å². The molecule has 0 spiro atoms. The Bertz CT molecular complexity index is 1360. The molecule has 0 aliphatic rings. The fourth-order valence-electron chi connectivity index (χ4n) is 7.59. The Balaban J connectivity index is 4.43. The summed E-state index contributed by atoms with van der Waals surface area (Å²) in [5.41, 5.74) is 0. The van der Waals surface area contributed by atoms with Crippen LogP contribution in [-0.2, 0) is 28.6 Å². The molecule has 0 heterocycles. The molecular formula is C62H104O6. The lowest BCUT2D eigenvalue weighted by Crippen LogP contribution is -2.30. The Morgan fingerprint density at radius 1 is 0.309 bits per heavy atom. The van der Waals surface area contributed by atoms with E-state index in [1.54, 1.807) is 0 Å². The van der Waals surface area contributed by atoms with E-state index >= 15 is 0 Å². The smallest absolute Gasteiger partial charge is 0.306 e. The molecular weight excluding hydrogens is 841 g/mol. The second-order valence-electron chi connectivity index (χ2n) is 18.5. The second kappa shape index (κ2) is 55.9. The summed E-state index contributed by atoms with van der Waals surface area (Å²) in [7, 11) is 0. The summed E-state index contributed by atoms with van der Waals surface area (Å²) < 4.78 is 16.8. The van der Waals surface area contributed by atoms with Crippen molar-refractivity contribution in [1.82, 2.24) is 0 Å². The van der Waals surface area contributed by atoms with E-state index in [4.69, 9.17) is 14.2 Å². The zero-order valence-corrected chi connectivity index (χ0v) is 44.3. The Morgan fingerprint density at radius 3 is 1.01 bits per heavy atom. The molecule has 0 rings (SSSR count). The molecule has 0 N–H and O–H groups in total. The topological polar surface area (TPSA) is 78.9 Å². The summed E-state index contributed by atoms with van der Waals surface area (Å²) in [6.07, 6.45) is 74.0. The summed E-state index contributed by atoms with van der Waals surface area (Å²) in [4.78, 5) is 38.0. The quantitative estimate of drug-likeness (QED) is 0.0262. The van der Waals surface area contributed by atoms with Gasteiger partial charge < -0.3 is 14.2 Å². The molecule has 0 aromatic carbocycles. The van der Waals surface area contributed by atoms with Gasteiger partial charge in [-0.05, 0) is 89.9 Å². The van der Waals surface area contributed by atoms with Crippen LogP contribution < -0.4 is 0 Å². The van der Waals surface area contributed by atoms with Gasteiger partial charge in [0.25, 0.3) is 0 Å². The summed E-state index contributed by atoms with van der Waals surface area (Å²) in [6.45, 7) is 6.44. The Labute approximate surface area is 419 Å². The molecule has 0 fully saturated rings. The molecule has 0 amide bonds. The molecule has 388 valence electrons. The summed E-state index contributed by atoms with van der Waals surface area (Å²) in [6, 6.07) is 0. The van der Waals surface area contributed by atoms with Crippen LogP contribution in [0.3, 0.4) is 0 Å². The van der Waals surface area contributed by atoms with Crippen LogP contribution in [0.4, 0.5) is 0 Å². The monoisotopic (exact) mass is 945 g/mol. The van der Waals surface area contributed by atoms with Crippen molar-refractivity contribution in [3.05, 3.63) is 97.2 Å². The van der Waals surface area contributed by atoms with E-state index in [2.05, 4.69) is 118 Å². The number of allylic oxidation sites excluding steroid dienone is 16. The van der Waals surface area contributed by atoms with Gasteiger partial charge in [0.2, 0.25) is 0 Å². The van der Waals surface area contributed by atoms with Crippen LogP contribution in [0.5, 0.6) is 0 Å². The predicted octanol–water partition coefficient (Wildman–Crippen LogP) is 18.9. The van der Waals surface area contributed by atoms with Gasteiger partial charge in [0.15, 0.2) is 6.10 Å². The normalized spacial score (nSPS) is 12.8. The van der Waals surface area contributed by atoms with Crippen LogP contribution in [0, 0.1) is 0 Å². The van der Waals surface area contributed by atoms with E-state index < -0.39 is 6.10 Å². The Morgan fingerprint density at radius 2 is 0.603 bits per heavy atom. The lowest BCUT2D eigenvalue weighted by atomic mass is 10.0. The number of unbranched alkanes of at least 4 members (excludes halogenated alkanes) is 23. The largest absolute Gasteiger partial charge is 0.462 e. The van der Waals surface area contributed by atoms with E-state index in [1.807, 2.05) is 0 Å². The van der Waals surface area contributed by atoms with Crippen LogP contribution in [0.1, 0.15) is 258 Å². The van der Waals surface area contributed by atoms with E-state index in [0.717, 1.165) is 103 Å². The minimum absolute atomic E-state index is 0.0987. The van der Waals surface area contributed by atoms with E-state index in [1.165, 1.54) is 109 Å². The average Bonchev–Trinajstić information content (AvgIpc) is 3.34. The molecule has 0 saturated heterocycles. The minimum atomic E-state index is -0.803. The molecule has 6 nitrogen and oxygen atoms in total. The summed E-state index contributed by atoms with van der Waals surface area (Å²) >= 11 is 0. The van der Waals surface area contributed by atoms with Crippen molar-refractivity contribution in [1.29, 1.82) is 0 Å². The van der Waals surface area contributed by atoms with Gasteiger partial charge in [-0.15, -0.1) is 0 Å². The van der Waals surface area contributed by atoms with Crippen molar-refractivity contribution in [2.45, 2.75) is 264 Å². The highest BCUT2D eigenvalue weighted by Crippen LogP contribution is 2.15. The SMILES string of the molecule is CC/C=C\C/C=C\C/C=C\C/C=C\C/C=C\C/C=C\C/C=C\CCCC(=O)OCC(COC(=O)CCCCCCC/C=C\CCCC)OC(=O)CCCCCCCCCCCCCCCCCC. The zero-order valence-electron chi connectivity index (χ0n) is 44.3. The molecule has 6 heteroatoms.